The molecule has 0 saturated carbocycles. The average molecular weight is 478 g/mol. The maximum atomic E-state index is 12.5. The second-order valence-electron chi connectivity index (χ2n) is 7.06. The molecule has 4 rings (SSSR count). The average Bonchev–Trinajstić information content (AvgIpc) is 2.85. The number of benzene rings is 3. The molecule has 1 heterocycles. The second kappa shape index (κ2) is 10.4. The van der Waals surface area contributed by atoms with Crippen molar-refractivity contribution in [2.75, 3.05) is 7.11 Å². The number of rotatable bonds is 7. The highest BCUT2D eigenvalue weighted by atomic mass is 35.5. The van der Waals surface area contributed by atoms with Crippen LogP contribution in [0.1, 0.15) is 15.9 Å². The molecule has 3 aromatic carbocycles. The highest BCUT2D eigenvalue weighted by Gasteiger charge is 2.09. The Morgan fingerprint density at radius 1 is 1.03 bits per heavy atom. The van der Waals surface area contributed by atoms with E-state index in [4.69, 9.17) is 16.3 Å². The number of aromatic nitrogens is 2. The Balaban J connectivity index is 1.46. The van der Waals surface area contributed by atoms with E-state index in [1.54, 1.807) is 49.6 Å². The number of carbonyl (C=O) groups excluding carboxylic acids is 1. The number of halogens is 1. The zero-order chi connectivity index (χ0) is 23.2. The number of hydrogen-bond acceptors (Lipinski definition) is 5. The summed E-state index contributed by atoms with van der Waals surface area (Å²) in [5.41, 5.74) is 1.74. The molecule has 4 aromatic rings. The number of hydrogen-bond donors (Lipinski definition) is 1. The van der Waals surface area contributed by atoms with E-state index >= 15 is 0 Å². The third kappa shape index (κ3) is 5.83. The Labute approximate surface area is 200 Å². The molecule has 166 valence electrons. The lowest BCUT2D eigenvalue weighted by Crippen LogP contribution is -2.23. The van der Waals surface area contributed by atoms with Crippen molar-refractivity contribution in [2.24, 2.45) is 0 Å². The first-order valence-electron chi connectivity index (χ1n) is 10.1. The van der Waals surface area contributed by atoms with Crippen molar-refractivity contribution < 1.29 is 9.53 Å². The number of methoxy groups -OCH3 is 1. The van der Waals surface area contributed by atoms with E-state index in [0.717, 1.165) is 16.2 Å². The summed E-state index contributed by atoms with van der Waals surface area (Å²) < 4.78 is 6.52. The quantitative estimate of drug-likeness (QED) is 0.406. The minimum Gasteiger partial charge on any atom is -0.497 e. The lowest BCUT2D eigenvalue weighted by Gasteiger charge is -2.09. The van der Waals surface area contributed by atoms with Crippen LogP contribution in [0.25, 0.3) is 5.69 Å². The van der Waals surface area contributed by atoms with Gasteiger partial charge in [0, 0.05) is 28.1 Å². The van der Waals surface area contributed by atoms with Gasteiger partial charge in [0.1, 0.15) is 10.8 Å². The van der Waals surface area contributed by atoms with Gasteiger partial charge in [0.05, 0.1) is 12.8 Å². The van der Waals surface area contributed by atoms with Crippen LogP contribution in [0, 0.1) is 0 Å². The fourth-order valence-electron chi connectivity index (χ4n) is 3.08. The van der Waals surface area contributed by atoms with Crippen molar-refractivity contribution in [1.29, 1.82) is 0 Å². The zero-order valence-electron chi connectivity index (χ0n) is 17.7. The van der Waals surface area contributed by atoms with Gasteiger partial charge >= 0.3 is 0 Å². The minimum absolute atomic E-state index is 0.211. The molecule has 1 N–H and O–H groups in total. The number of amides is 1. The van der Waals surface area contributed by atoms with Crippen molar-refractivity contribution in [3.05, 3.63) is 111 Å². The zero-order valence-corrected chi connectivity index (χ0v) is 19.3. The summed E-state index contributed by atoms with van der Waals surface area (Å²) in [5, 5.41) is 8.66. The molecule has 0 aliphatic rings. The van der Waals surface area contributed by atoms with E-state index in [-0.39, 0.29) is 11.5 Å². The second-order valence-corrected chi connectivity index (χ2v) is 8.59. The first kappa shape index (κ1) is 22.6. The van der Waals surface area contributed by atoms with Crippen molar-refractivity contribution >= 4 is 29.3 Å². The number of carbonyl (C=O) groups is 1. The third-order valence-corrected chi connectivity index (χ3v) is 5.96. The smallest absolute Gasteiger partial charge is 0.271 e. The SMILES string of the molecule is COc1cccc(CNC(=O)c2ccc(-n3nc(Sc4ccc(Cl)cc4)ccc3=O)cc2)c1. The summed E-state index contributed by atoms with van der Waals surface area (Å²) in [4.78, 5) is 25.9. The van der Waals surface area contributed by atoms with Gasteiger partial charge in [-0.2, -0.15) is 9.78 Å². The van der Waals surface area contributed by atoms with E-state index in [2.05, 4.69) is 10.4 Å². The molecule has 0 aliphatic carbocycles. The maximum Gasteiger partial charge on any atom is 0.271 e. The van der Waals surface area contributed by atoms with Crippen molar-refractivity contribution in [1.82, 2.24) is 15.1 Å². The van der Waals surface area contributed by atoms with Crippen LogP contribution in [0.15, 0.2) is 99.6 Å². The van der Waals surface area contributed by atoms with Gasteiger partial charge in [-0.15, -0.1) is 0 Å². The molecule has 0 aliphatic heterocycles. The predicted molar refractivity (Wildman–Crippen MR) is 130 cm³/mol. The Bertz CT molecular complexity index is 1320. The lowest BCUT2D eigenvalue weighted by molar-refractivity contribution is 0.0951. The van der Waals surface area contributed by atoms with Crippen LogP contribution in [0.3, 0.4) is 0 Å². The van der Waals surface area contributed by atoms with Gasteiger partial charge in [-0.1, -0.05) is 35.5 Å². The Morgan fingerprint density at radius 2 is 1.79 bits per heavy atom. The van der Waals surface area contributed by atoms with Crippen molar-refractivity contribution in [3.63, 3.8) is 0 Å². The van der Waals surface area contributed by atoms with E-state index in [1.165, 1.54) is 22.5 Å². The molecular weight excluding hydrogens is 458 g/mol. The van der Waals surface area contributed by atoms with E-state index < -0.39 is 0 Å². The molecule has 0 fully saturated rings. The highest BCUT2D eigenvalue weighted by molar-refractivity contribution is 7.99. The topological polar surface area (TPSA) is 73.2 Å². The summed E-state index contributed by atoms with van der Waals surface area (Å²) >= 11 is 7.36. The van der Waals surface area contributed by atoms with Gasteiger partial charge in [-0.3, -0.25) is 9.59 Å². The summed E-state index contributed by atoms with van der Waals surface area (Å²) in [7, 11) is 1.60. The molecule has 33 heavy (non-hydrogen) atoms. The standard InChI is InChI=1S/C25H20ClN3O3S/c1-32-21-4-2-3-17(15-21)16-27-25(31)18-5-9-20(10-6-18)29-24(30)14-13-23(28-29)33-22-11-7-19(26)8-12-22/h2-15H,16H2,1H3,(H,27,31). The third-order valence-electron chi connectivity index (χ3n) is 4.77. The molecule has 0 radical (unpaired) electrons. The fraction of sp³-hybridized carbons (Fsp3) is 0.0800. The highest BCUT2D eigenvalue weighted by Crippen LogP contribution is 2.26. The molecule has 0 saturated heterocycles. The summed E-state index contributed by atoms with van der Waals surface area (Å²) in [6.45, 7) is 0.378. The molecule has 0 atom stereocenters. The Morgan fingerprint density at radius 3 is 2.52 bits per heavy atom. The first-order valence-corrected chi connectivity index (χ1v) is 11.3. The first-order chi connectivity index (χ1) is 16.0. The van der Waals surface area contributed by atoms with E-state index in [0.29, 0.717) is 27.8 Å². The van der Waals surface area contributed by atoms with E-state index in [1.807, 2.05) is 36.4 Å². The van der Waals surface area contributed by atoms with Crippen LogP contribution in [0.2, 0.25) is 5.02 Å². The molecule has 1 aromatic heterocycles. The molecule has 0 unspecified atom stereocenters. The molecular formula is C25H20ClN3O3S. The van der Waals surface area contributed by atoms with Crippen molar-refractivity contribution in [3.8, 4) is 11.4 Å². The largest absolute Gasteiger partial charge is 0.497 e. The molecule has 0 spiro atoms. The van der Waals surface area contributed by atoms with Gasteiger partial charge < -0.3 is 10.1 Å². The van der Waals surface area contributed by atoms with Gasteiger partial charge in [-0.25, -0.2) is 0 Å². The number of nitrogens with zero attached hydrogens (tertiary/aromatic N) is 2. The monoisotopic (exact) mass is 477 g/mol. The van der Waals surface area contributed by atoms with Crippen LogP contribution in [0.4, 0.5) is 0 Å². The summed E-state index contributed by atoms with van der Waals surface area (Å²) in [5.74, 6) is 0.525. The maximum absolute atomic E-state index is 12.5. The van der Waals surface area contributed by atoms with Crippen LogP contribution in [-0.2, 0) is 6.54 Å². The van der Waals surface area contributed by atoms with Crippen LogP contribution >= 0.6 is 23.4 Å². The predicted octanol–water partition coefficient (Wildman–Crippen LogP) is 4.98. The van der Waals surface area contributed by atoms with E-state index in [9.17, 15) is 9.59 Å². The Hall–Kier alpha value is -3.55. The summed E-state index contributed by atoms with van der Waals surface area (Å²) in [6.07, 6.45) is 0. The minimum atomic E-state index is -0.259. The molecule has 6 nitrogen and oxygen atoms in total. The number of ether oxygens (including phenoxy) is 1. The van der Waals surface area contributed by atoms with Gasteiger partial charge in [-0.05, 0) is 72.3 Å². The van der Waals surface area contributed by atoms with Gasteiger partial charge in [0.15, 0.2) is 0 Å². The Kier molecular flexibility index (Phi) is 7.12. The fourth-order valence-corrected chi connectivity index (χ4v) is 3.98. The van der Waals surface area contributed by atoms with Crippen molar-refractivity contribution in [2.45, 2.75) is 16.5 Å². The summed E-state index contributed by atoms with van der Waals surface area (Å²) in [6, 6.07) is 24.8. The van der Waals surface area contributed by atoms with Gasteiger partial charge in [0.25, 0.3) is 11.5 Å². The van der Waals surface area contributed by atoms with Crippen LogP contribution in [-0.4, -0.2) is 22.8 Å². The molecule has 0 bridgehead atoms. The normalized spacial score (nSPS) is 10.6. The number of nitrogens with one attached hydrogen (secondary N) is 1. The molecule has 1 amide bonds. The lowest BCUT2D eigenvalue weighted by atomic mass is 10.1. The van der Waals surface area contributed by atoms with Crippen LogP contribution < -0.4 is 15.6 Å². The van der Waals surface area contributed by atoms with Gasteiger partial charge in [0.2, 0.25) is 0 Å². The van der Waals surface area contributed by atoms with Crippen LogP contribution in [0.5, 0.6) is 5.75 Å². The molecule has 8 heteroatoms.